The molecular formula is C22H17ClN2O2. The van der Waals surface area contributed by atoms with Crippen molar-refractivity contribution in [1.82, 2.24) is 9.13 Å². The largest absolute Gasteiger partial charge is 0.336 e. The highest BCUT2D eigenvalue weighted by Crippen LogP contribution is 2.18. The molecule has 1 heterocycles. The van der Waals surface area contributed by atoms with E-state index in [0.29, 0.717) is 21.6 Å². The van der Waals surface area contributed by atoms with E-state index in [1.807, 2.05) is 49.4 Å². The number of halogens is 1. The van der Waals surface area contributed by atoms with E-state index in [1.165, 1.54) is 4.57 Å². The molecular weight excluding hydrogens is 360 g/mol. The fourth-order valence-corrected chi connectivity index (χ4v) is 3.46. The minimum Gasteiger partial charge on any atom is -0.288 e. The maximum Gasteiger partial charge on any atom is 0.336 e. The average Bonchev–Trinajstić information content (AvgIpc) is 2.67. The number of aromatic nitrogens is 2. The number of hydrogen-bond donors (Lipinski definition) is 0. The first kappa shape index (κ1) is 17.3. The predicted octanol–water partition coefficient (Wildman–Crippen LogP) is 4.16. The minimum absolute atomic E-state index is 0.283. The fourth-order valence-electron chi connectivity index (χ4n) is 3.27. The molecule has 0 amide bonds. The van der Waals surface area contributed by atoms with Crippen LogP contribution in [0.1, 0.15) is 11.1 Å². The Bertz CT molecular complexity index is 1270. The zero-order chi connectivity index (χ0) is 19.0. The molecule has 0 radical (unpaired) electrons. The van der Waals surface area contributed by atoms with Crippen molar-refractivity contribution in [3.63, 3.8) is 0 Å². The van der Waals surface area contributed by atoms with E-state index in [9.17, 15) is 9.59 Å². The number of aryl methyl sites for hydroxylation is 1. The van der Waals surface area contributed by atoms with Crippen LogP contribution in [0.5, 0.6) is 0 Å². The smallest absolute Gasteiger partial charge is 0.288 e. The molecule has 0 aliphatic rings. The summed E-state index contributed by atoms with van der Waals surface area (Å²) in [7, 11) is 0. The SMILES string of the molecule is Cc1cccc(-n2c(=O)c3ccccc3n(Cc3ccccc3Cl)c2=O)c1. The summed E-state index contributed by atoms with van der Waals surface area (Å²) in [6.07, 6.45) is 0. The van der Waals surface area contributed by atoms with Crippen molar-refractivity contribution in [2.45, 2.75) is 13.5 Å². The van der Waals surface area contributed by atoms with Gasteiger partial charge in [-0.2, -0.15) is 0 Å². The van der Waals surface area contributed by atoms with Crippen molar-refractivity contribution in [2.24, 2.45) is 0 Å². The Morgan fingerprint density at radius 3 is 2.41 bits per heavy atom. The Labute approximate surface area is 160 Å². The first-order valence-corrected chi connectivity index (χ1v) is 8.99. The summed E-state index contributed by atoms with van der Waals surface area (Å²) >= 11 is 6.30. The van der Waals surface area contributed by atoms with Gasteiger partial charge >= 0.3 is 5.69 Å². The molecule has 0 N–H and O–H groups in total. The molecule has 5 heteroatoms. The summed E-state index contributed by atoms with van der Waals surface area (Å²) in [4.78, 5) is 26.4. The van der Waals surface area contributed by atoms with Crippen molar-refractivity contribution in [3.8, 4) is 5.69 Å². The molecule has 4 aromatic rings. The van der Waals surface area contributed by atoms with Crippen LogP contribution in [0.3, 0.4) is 0 Å². The minimum atomic E-state index is -0.385. The Morgan fingerprint density at radius 1 is 0.889 bits per heavy atom. The molecule has 0 aliphatic carbocycles. The van der Waals surface area contributed by atoms with Crippen LogP contribution in [0.4, 0.5) is 0 Å². The van der Waals surface area contributed by atoms with Gasteiger partial charge < -0.3 is 0 Å². The third kappa shape index (κ3) is 3.09. The Morgan fingerprint density at radius 2 is 1.63 bits per heavy atom. The number of benzene rings is 3. The van der Waals surface area contributed by atoms with Gasteiger partial charge in [-0.1, -0.05) is 54.1 Å². The second kappa shape index (κ2) is 6.89. The maximum atomic E-state index is 13.3. The summed E-state index contributed by atoms with van der Waals surface area (Å²) in [5, 5.41) is 1.08. The van der Waals surface area contributed by atoms with Crippen molar-refractivity contribution in [3.05, 3.63) is 110 Å². The van der Waals surface area contributed by atoms with Gasteiger partial charge in [0.25, 0.3) is 5.56 Å². The maximum absolute atomic E-state index is 13.3. The molecule has 0 spiro atoms. The molecule has 27 heavy (non-hydrogen) atoms. The van der Waals surface area contributed by atoms with Crippen LogP contribution in [0, 0.1) is 6.92 Å². The van der Waals surface area contributed by atoms with Crippen LogP contribution in [0.2, 0.25) is 5.02 Å². The van der Waals surface area contributed by atoms with E-state index in [-0.39, 0.29) is 17.8 Å². The Balaban J connectivity index is 2.05. The van der Waals surface area contributed by atoms with Crippen LogP contribution in [-0.2, 0) is 6.54 Å². The van der Waals surface area contributed by atoms with Crippen molar-refractivity contribution in [2.75, 3.05) is 0 Å². The lowest BCUT2D eigenvalue weighted by atomic mass is 10.2. The third-order valence-corrected chi connectivity index (χ3v) is 4.97. The first-order chi connectivity index (χ1) is 13.1. The number of hydrogen-bond acceptors (Lipinski definition) is 2. The van der Waals surface area contributed by atoms with Gasteiger partial charge in [0.1, 0.15) is 0 Å². The van der Waals surface area contributed by atoms with Gasteiger partial charge in [-0.15, -0.1) is 0 Å². The lowest BCUT2D eigenvalue weighted by Crippen LogP contribution is -2.39. The fraction of sp³-hybridized carbons (Fsp3) is 0.0909. The van der Waals surface area contributed by atoms with Gasteiger partial charge in [-0.25, -0.2) is 9.36 Å². The molecule has 1 aromatic heterocycles. The number of nitrogens with zero attached hydrogens (tertiary/aromatic N) is 2. The molecule has 3 aromatic carbocycles. The molecule has 4 rings (SSSR count). The van der Waals surface area contributed by atoms with Gasteiger partial charge in [0.05, 0.1) is 23.1 Å². The predicted molar refractivity (Wildman–Crippen MR) is 109 cm³/mol. The van der Waals surface area contributed by atoms with Crippen LogP contribution < -0.4 is 11.2 Å². The van der Waals surface area contributed by atoms with Gasteiger partial charge in [0, 0.05) is 5.02 Å². The van der Waals surface area contributed by atoms with E-state index in [1.54, 1.807) is 34.9 Å². The summed E-state index contributed by atoms with van der Waals surface area (Å²) in [5.41, 5.74) is 2.24. The standard InChI is InChI=1S/C22H17ClN2O2/c1-15-7-6-9-17(13-15)25-21(26)18-10-3-5-12-20(18)24(22(25)27)14-16-8-2-4-11-19(16)23/h2-13H,14H2,1H3. The van der Waals surface area contributed by atoms with Gasteiger partial charge in [-0.3, -0.25) is 9.36 Å². The number of para-hydroxylation sites is 1. The number of rotatable bonds is 3. The van der Waals surface area contributed by atoms with Crippen LogP contribution >= 0.6 is 11.6 Å². The van der Waals surface area contributed by atoms with Crippen molar-refractivity contribution < 1.29 is 0 Å². The summed E-state index contributed by atoms with van der Waals surface area (Å²) in [6.45, 7) is 2.21. The zero-order valence-electron chi connectivity index (χ0n) is 14.7. The summed E-state index contributed by atoms with van der Waals surface area (Å²) in [5.74, 6) is 0. The highest BCUT2D eigenvalue weighted by molar-refractivity contribution is 6.31. The van der Waals surface area contributed by atoms with Gasteiger partial charge in [0.2, 0.25) is 0 Å². The second-order valence-corrected chi connectivity index (χ2v) is 6.86. The summed E-state index contributed by atoms with van der Waals surface area (Å²) in [6, 6.07) is 21.9. The molecule has 0 saturated carbocycles. The summed E-state index contributed by atoms with van der Waals surface area (Å²) < 4.78 is 2.83. The van der Waals surface area contributed by atoms with Gasteiger partial charge in [-0.05, 0) is 48.4 Å². The molecule has 0 fully saturated rings. The topological polar surface area (TPSA) is 44.0 Å². The average molecular weight is 377 g/mol. The zero-order valence-corrected chi connectivity index (χ0v) is 15.5. The lowest BCUT2D eigenvalue weighted by Gasteiger charge is -2.15. The first-order valence-electron chi connectivity index (χ1n) is 8.61. The molecule has 0 bridgehead atoms. The highest BCUT2D eigenvalue weighted by atomic mass is 35.5. The molecule has 0 saturated heterocycles. The van der Waals surface area contributed by atoms with Crippen LogP contribution in [-0.4, -0.2) is 9.13 Å². The van der Waals surface area contributed by atoms with E-state index < -0.39 is 0 Å². The monoisotopic (exact) mass is 376 g/mol. The quantitative estimate of drug-likeness (QED) is 0.539. The normalized spacial score (nSPS) is 11.0. The van der Waals surface area contributed by atoms with Crippen molar-refractivity contribution >= 4 is 22.5 Å². The molecule has 0 atom stereocenters. The Hall–Kier alpha value is -3.11. The molecule has 0 aliphatic heterocycles. The lowest BCUT2D eigenvalue weighted by molar-refractivity contribution is 0.714. The van der Waals surface area contributed by atoms with E-state index in [2.05, 4.69) is 0 Å². The van der Waals surface area contributed by atoms with E-state index in [4.69, 9.17) is 11.6 Å². The molecule has 4 nitrogen and oxygen atoms in total. The molecule has 134 valence electrons. The highest BCUT2D eigenvalue weighted by Gasteiger charge is 2.15. The van der Waals surface area contributed by atoms with Gasteiger partial charge in [0.15, 0.2) is 0 Å². The third-order valence-electron chi connectivity index (χ3n) is 4.60. The van der Waals surface area contributed by atoms with Crippen LogP contribution in [0.15, 0.2) is 82.4 Å². The second-order valence-electron chi connectivity index (χ2n) is 6.46. The molecule has 0 unspecified atom stereocenters. The number of fused-ring (bicyclic) bond motifs is 1. The van der Waals surface area contributed by atoms with E-state index >= 15 is 0 Å². The van der Waals surface area contributed by atoms with Crippen molar-refractivity contribution in [1.29, 1.82) is 0 Å². The Kier molecular flexibility index (Phi) is 4.42. The van der Waals surface area contributed by atoms with Crippen LogP contribution in [0.25, 0.3) is 16.6 Å². The van der Waals surface area contributed by atoms with E-state index in [0.717, 1.165) is 11.1 Å².